The zero-order chi connectivity index (χ0) is 9.10. The molecule has 1 fully saturated rings. The van der Waals surface area contributed by atoms with Crippen molar-refractivity contribution in [2.75, 3.05) is 20.2 Å². The zero-order valence-electron chi connectivity index (χ0n) is 7.86. The molecule has 1 aromatic heterocycles. The van der Waals surface area contributed by atoms with Gasteiger partial charge in [-0.25, -0.2) is 0 Å². The van der Waals surface area contributed by atoms with Gasteiger partial charge in [-0.05, 0) is 19.4 Å². The van der Waals surface area contributed by atoms with Crippen molar-refractivity contribution >= 4 is 0 Å². The van der Waals surface area contributed by atoms with Gasteiger partial charge in [-0.15, -0.1) is 5.10 Å². The summed E-state index contributed by atoms with van der Waals surface area (Å²) in [5, 5.41) is 7.67. The van der Waals surface area contributed by atoms with Crippen LogP contribution in [0.5, 0.6) is 5.88 Å². The number of piperidine rings is 1. The number of ether oxygens (including phenoxy) is 1. The van der Waals surface area contributed by atoms with Gasteiger partial charge in [0.25, 0.3) is 0 Å². The van der Waals surface area contributed by atoms with Gasteiger partial charge in [0, 0.05) is 18.8 Å². The average Bonchev–Trinajstić information content (AvgIpc) is 2.67. The molecule has 2 heterocycles. The second-order valence-electron chi connectivity index (χ2n) is 3.34. The first-order valence-corrected chi connectivity index (χ1v) is 4.70. The summed E-state index contributed by atoms with van der Waals surface area (Å²) in [4.78, 5) is 0. The van der Waals surface area contributed by atoms with Crippen molar-refractivity contribution in [1.82, 2.24) is 15.1 Å². The molecule has 0 unspecified atom stereocenters. The number of nitrogens with zero attached hydrogens (tertiary/aromatic N) is 2. The van der Waals surface area contributed by atoms with Crippen LogP contribution in [0, 0.1) is 0 Å². The van der Waals surface area contributed by atoms with E-state index in [0.717, 1.165) is 13.1 Å². The Bertz CT molecular complexity index is 266. The van der Waals surface area contributed by atoms with Crippen LogP contribution in [0.15, 0.2) is 12.3 Å². The van der Waals surface area contributed by atoms with E-state index in [0.29, 0.717) is 11.9 Å². The number of rotatable bonds is 2. The van der Waals surface area contributed by atoms with E-state index < -0.39 is 0 Å². The third-order valence-corrected chi connectivity index (χ3v) is 2.44. The molecule has 4 heteroatoms. The summed E-state index contributed by atoms with van der Waals surface area (Å²) < 4.78 is 7.02. The summed E-state index contributed by atoms with van der Waals surface area (Å²) in [7, 11) is 1.64. The van der Waals surface area contributed by atoms with E-state index >= 15 is 0 Å². The highest BCUT2D eigenvalue weighted by molar-refractivity contribution is 5.06. The predicted molar refractivity (Wildman–Crippen MR) is 49.9 cm³/mol. The van der Waals surface area contributed by atoms with Gasteiger partial charge in [-0.3, -0.25) is 4.68 Å². The highest BCUT2D eigenvalue weighted by atomic mass is 16.5. The summed E-state index contributed by atoms with van der Waals surface area (Å²) in [5.74, 6) is 0.700. The van der Waals surface area contributed by atoms with Crippen LogP contribution in [0.1, 0.15) is 18.9 Å². The maximum absolute atomic E-state index is 5.03. The van der Waals surface area contributed by atoms with Crippen LogP contribution < -0.4 is 10.1 Å². The average molecular weight is 181 g/mol. The Labute approximate surface area is 77.9 Å². The predicted octanol–water partition coefficient (Wildman–Crippen LogP) is 0.816. The topological polar surface area (TPSA) is 39.1 Å². The monoisotopic (exact) mass is 181 g/mol. The summed E-state index contributed by atoms with van der Waals surface area (Å²) in [6.45, 7) is 2.15. The lowest BCUT2D eigenvalue weighted by Crippen LogP contribution is -2.31. The van der Waals surface area contributed by atoms with Gasteiger partial charge in [-0.2, -0.15) is 0 Å². The van der Waals surface area contributed by atoms with E-state index in [2.05, 4.69) is 10.4 Å². The molecule has 1 aliphatic heterocycles. The van der Waals surface area contributed by atoms with E-state index in [1.54, 1.807) is 7.11 Å². The molecule has 1 saturated heterocycles. The summed E-state index contributed by atoms with van der Waals surface area (Å²) in [6.07, 6.45) is 4.42. The van der Waals surface area contributed by atoms with Crippen LogP contribution in [-0.2, 0) is 0 Å². The van der Waals surface area contributed by atoms with Gasteiger partial charge in [0.05, 0.1) is 13.2 Å². The zero-order valence-corrected chi connectivity index (χ0v) is 7.86. The van der Waals surface area contributed by atoms with Crippen LogP contribution in [0.3, 0.4) is 0 Å². The second-order valence-corrected chi connectivity index (χ2v) is 3.34. The van der Waals surface area contributed by atoms with Gasteiger partial charge in [0.2, 0.25) is 5.88 Å². The molecule has 0 radical (unpaired) electrons. The Morgan fingerprint density at radius 2 is 2.62 bits per heavy atom. The molecule has 4 nitrogen and oxygen atoms in total. The fourth-order valence-corrected chi connectivity index (χ4v) is 1.69. The molecule has 13 heavy (non-hydrogen) atoms. The quantitative estimate of drug-likeness (QED) is 0.734. The molecule has 0 saturated carbocycles. The first-order chi connectivity index (χ1) is 6.40. The minimum Gasteiger partial charge on any atom is -0.480 e. The van der Waals surface area contributed by atoms with E-state index in [4.69, 9.17) is 4.74 Å². The van der Waals surface area contributed by atoms with Crippen molar-refractivity contribution in [1.29, 1.82) is 0 Å². The molecule has 0 bridgehead atoms. The largest absolute Gasteiger partial charge is 0.480 e. The van der Waals surface area contributed by atoms with Crippen molar-refractivity contribution in [2.45, 2.75) is 18.9 Å². The van der Waals surface area contributed by atoms with Crippen LogP contribution >= 0.6 is 0 Å². The van der Waals surface area contributed by atoms with Crippen molar-refractivity contribution in [2.24, 2.45) is 0 Å². The Kier molecular flexibility index (Phi) is 2.49. The highest BCUT2D eigenvalue weighted by Crippen LogP contribution is 2.17. The highest BCUT2D eigenvalue weighted by Gasteiger charge is 2.15. The molecule has 72 valence electrons. The van der Waals surface area contributed by atoms with E-state index in [9.17, 15) is 0 Å². The standard InChI is InChI=1S/C9H15N3O/c1-13-9-4-6-12(11-9)8-3-2-5-10-7-8/h4,6,8,10H,2-3,5,7H2,1H3/t8-/m1/s1. The Morgan fingerprint density at radius 3 is 3.23 bits per heavy atom. The molecule has 2 rings (SSSR count). The van der Waals surface area contributed by atoms with Crippen molar-refractivity contribution < 1.29 is 4.74 Å². The molecular weight excluding hydrogens is 166 g/mol. The Morgan fingerprint density at radius 1 is 1.69 bits per heavy atom. The molecule has 1 N–H and O–H groups in total. The molecule has 1 aliphatic rings. The number of aromatic nitrogens is 2. The number of nitrogens with one attached hydrogen (secondary N) is 1. The van der Waals surface area contributed by atoms with Crippen LogP contribution in [0.2, 0.25) is 0 Å². The smallest absolute Gasteiger partial charge is 0.232 e. The first-order valence-electron chi connectivity index (χ1n) is 4.70. The van der Waals surface area contributed by atoms with Gasteiger partial charge in [-0.1, -0.05) is 0 Å². The maximum Gasteiger partial charge on any atom is 0.232 e. The van der Waals surface area contributed by atoms with Crippen molar-refractivity contribution in [3.05, 3.63) is 12.3 Å². The van der Waals surface area contributed by atoms with E-state index in [1.165, 1.54) is 12.8 Å². The van der Waals surface area contributed by atoms with Crippen molar-refractivity contribution in [3.63, 3.8) is 0 Å². The van der Waals surface area contributed by atoms with Gasteiger partial charge < -0.3 is 10.1 Å². The Balaban J connectivity index is 2.05. The second kappa shape index (κ2) is 3.79. The lowest BCUT2D eigenvalue weighted by Gasteiger charge is -2.22. The third-order valence-electron chi connectivity index (χ3n) is 2.44. The third kappa shape index (κ3) is 1.83. The van der Waals surface area contributed by atoms with Crippen molar-refractivity contribution in [3.8, 4) is 5.88 Å². The van der Waals surface area contributed by atoms with E-state index in [-0.39, 0.29) is 0 Å². The maximum atomic E-state index is 5.03. The summed E-state index contributed by atoms with van der Waals surface area (Å²) >= 11 is 0. The molecule has 0 aromatic carbocycles. The SMILES string of the molecule is COc1ccn([C@@H]2CCCNC2)n1. The molecule has 1 atom stereocenters. The Hall–Kier alpha value is -1.03. The number of hydrogen-bond acceptors (Lipinski definition) is 3. The summed E-state index contributed by atoms with van der Waals surface area (Å²) in [6, 6.07) is 2.40. The van der Waals surface area contributed by atoms with E-state index in [1.807, 2.05) is 16.9 Å². The van der Waals surface area contributed by atoms with Crippen LogP contribution in [-0.4, -0.2) is 30.0 Å². The molecular formula is C9H15N3O. The van der Waals surface area contributed by atoms with Gasteiger partial charge in [0.1, 0.15) is 0 Å². The van der Waals surface area contributed by atoms with Gasteiger partial charge in [0.15, 0.2) is 0 Å². The molecule has 0 aliphatic carbocycles. The molecule has 0 spiro atoms. The number of methoxy groups -OCH3 is 1. The lowest BCUT2D eigenvalue weighted by molar-refractivity contribution is 0.330. The molecule has 1 aromatic rings. The molecule has 0 amide bonds. The van der Waals surface area contributed by atoms with Crippen LogP contribution in [0.4, 0.5) is 0 Å². The van der Waals surface area contributed by atoms with Gasteiger partial charge >= 0.3 is 0 Å². The fourth-order valence-electron chi connectivity index (χ4n) is 1.69. The first kappa shape index (κ1) is 8.56. The minimum absolute atomic E-state index is 0.498. The summed E-state index contributed by atoms with van der Waals surface area (Å²) in [5.41, 5.74) is 0. The van der Waals surface area contributed by atoms with Crippen LogP contribution in [0.25, 0.3) is 0 Å². The number of hydrogen-bond donors (Lipinski definition) is 1. The minimum atomic E-state index is 0.498. The fraction of sp³-hybridized carbons (Fsp3) is 0.667. The lowest BCUT2D eigenvalue weighted by atomic mass is 10.1. The normalized spacial score (nSPS) is 23.0.